The molecule has 2 fully saturated rings. The first-order valence-electron chi connectivity index (χ1n) is 8.44. The molecule has 0 atom stereocenters. The number of anilines is 1. The number of hydrogen-bond acceptors (Lipinski definition) is 5. The highest BCUT2D eigenvalue weighted by Gasteiger charge is 2.29. The van der Waals surface area contributed by atoms with E-state index in [2.05, 4.69) is 25.1 Å². The van der Waals surface area contributed by atoms with Crippen molar-refractivity contribution in [2.45, 2.75) is 38.1 Å². The van der Waals surface area contributed by atoms with Gasteiger partial charge in [0, 0.05) is 56.6 Å². The van der Waals surface area contributed by atoms with Crippen molar-refractivity contribution in [3.8, 4) is 0 Å². The third-order valence-corrected chi connectivity index (χ3v) is 5.24. The van der Waals surface area contributed by atoms with Crippen molar-refractivity contribution in [1.82, 2.24) is 20.2 Å². The van der Waals surface area contributed by atoms with Crippen LogP contribution in [0.4, 0.5) is 5.82 Å². The second kappa shape index (κ2) is 5.89. The lowest BCUT2D eigenvalue weighted by atomic mass is 10.1. The monoisotopic (exact) mass is 287 g/mol. The minimum Gasteiger partial charge on any atom is -0.354 e. The lowest BCUT2D eigenvalue weighted by Crippen LogP contribution is -2.61. The van der Waals surface area contributed by atoms with Gasteiger partial charge in [-0.2, -0.15) is 0 Å². The Hall–Kier alpha value is -1.20. The molecule has 5 nitrogen and oxygen atoms in total. The first-order valence-corrected chi connectivity index (χ1v) is 8.44. The SMILES string of the molecule is c1nc2c(c(N3CCN(C4CNC4)CC3)n1)CCCCC2. The van der Waals surface area contributed by atoms with E-state index in [0.717, 1.165) is 32.0 Å². The Kier molecular flexibility index (Phi) is 3.78. The smallest absolute Gasteiger partial charge is 0.135 e. The average Bonchev–Trinajstić information content (AvgIpc) is 2.71. The minimum atomic E-state index is 0.773. The highest BCUT2D eigenvalue weighted by molar-refractivity contribution is 5.49. The van der Waals surface area contributed by atoms with Gasteiger partial charge in [-0.3, -0.25) is 4.90 Å². The highest BCUT2D eigenvalue weighted by Crippen LogP contribution is 2.27. The van der Waals surface area contributed by atoms with Gasteiger partial charge in [-0.1, -0.05) is 6.42 Å². The molecule has 1 aliphatic carbocycles. The standard InChI is InChI=1S/C16H25N5/c1-2-4-14-15(5-3-1)18-12-19-16(14)21-8-6-20(7-9-21)13-10-17-11-13/h12-13,17H,1-11H2. The maximum Gasteiger partial charge on any atom is 0.135 e. The van der Waals surface area contributed by atoms with Crippen LogP contribution in [-0.4, -0.2) is 60.2 Å². The third-order valence-electron chi connectivity index (χ3n) is 5.24. The van der Waals surface area contributed by atoms with Gasteiger partial charge in [-0.15, -0.1) is 0 Å². The van der Waals surface area contributed by atoms with E-state index in [9.17, 15) is 0 Å². The summed E-state index contributed by atoms with van der Waals surface area (Å²) in [6.07, 6.45) is 7.99. The van der Waals surface area contributed by atoms with E-state index in [1.165, 1.54) is 62.5 Å². The topological polar surface area (TPSA) is 44.3 Å². The van der Waals surface area contributed by atoms with Crippen molar-refractivity contribution in [3.63, 3.8) is 0 Å². The fourth-order valence-electron chi connectivity index (χ4n) is 3.78. The Morgan fingerprint density at radius 2 is 1.76 bits per heavy atom. The number of hydrogen-bond donors (Lipinski definition) is 1. The van der Waals surface area contributed by atoms with Crippen molar-refractivity contribution >= 4 is 5.82 Å². The molecule has 3 aliphatic rings. The summed E-state index contributed by atoms with van der Waals surface area (Å²) in [5.41, 5.74) is 2.75. The molecule has 0 saturated carbocycles. The zero-order valence-corrected chi connectivity index (χ0v) is 12.7. The molecule has 0 radical (unpaired) electrons. The summed E-state index contributed by atoms with van der Waals surface area (Å²) < 4.78 is 0. The summed E-state index contributed by atoms with van der Waals surface area (Å²) in [4.78, 5) is 14.3. The fraction of sp³-hybridized carbons (Fsp3) is 0.750. The van der Waals surface area contributed by atoms with Gasteiger partial charge >= 0.3 is 0 Å². The second-order valence-corrected chi connectivity index (χ2v) is 6.52. The maximum atomic E-state index is 4.65. The van der Waals surface area contributed by atoms with Crippen LogP contribution >= 0.6 is 0 Å². The lowest BCUT2D eigenvalue weighted by Gasteiger charge is -2.43. The predicted molar refractivity (Wildman–Crippen MR) is 83.7 cm³/mol. The van der Waals surface area contributed by atoms with Crippen molar-refractivity contribution in [1.29, 1.82) is 0 Å². The van der Waals surface area contributed by atoms with Gasteiger partial charge in [0.2, 0.25) is 0 Å². The van der Waals surface area contributed by atoms with Crippen LogP contribution < -0.4 is 10.2 Å². The Morgan fingerprint density at radius 1 is 0.952 bits per heavy atom. The molecule has 0 amide bonds. The van der Waals surface area contributed by atoms with E-state index in [1.807, 2.05) is 0 Å². The quantitative estimate of drug-likeness (QED) is 0.817. The van der Waals surface area contributed by atoms with Gasteiger partial charge in [0.1, 0.15) is 12.1 Å². The van der Waals surface area contributed by atoms with E-state index < -0.39 is 0 Å². The van der Waals surface area contributed by atoms with Crippen LogP contribution in [0, 0.1) is 0 Å². The van der Waals surface area contributed by atoms with Crippen molar-refractivity contribution in [2.24, 2.45) is 0 Å². The normalized spacial score (nSPS) is 24.3. The van der Waals surface area contributed by atoms with Crippen LogP contribution in [0.15, 0.2) is 6.33 Å². The highest BCUT2D eigenvalue weighted by atomic mass is 15.3. The summed E-state index contributed by atoms with van der Waals surface area (Å²) in [5, 5.41) is 3.37. The molecule has 0 unspecified atom stereocenters. The number of rotatable bonds is 2. The van der Waals surface area contributed by atoms with Gasteiger partial charge in [-0.05, 0) is 25.7 Å². The number of nitrogens with zero attached hydrogens (tertiary/aromatic N) is 4. The number of aryl methyl sites for hydroxylation is 1. The van der Waals surface area contributed by atoms with E-state index in [1.54, 1.807) is 6.33 Å². The summed E-state index contributed by atoms with van der Waals surface area (Å²) in [6, 6.07) is 0.773. The molecule has 21 heavy (non-hydrogen) atoms. The van der Waals surface area contributed by atoms with Gasteiger partial charge in [0.15, 0.2) is 0 Å². The number of piperazine rings is 1. The Morgan fingerprint density at radius 3 is 2.52 bits per heavy atom. The summed E-state index contributed by atoms with van der Waals surface area (Å²) >= 11 is 0. The van der Waals surface area contributed by atoms with Gasteiger partial charge in [-0.25, -0.2) is 9.97 Å². The van der Waals surface area contributed by atoms with Gasteiger partial charge < -0.3 is 10.2 Å². The van der Waals surface area contributed by atoms with E-state index in [4.69, 9.17) is 0 Å². The average molecular weight is 287 g/mol. The van der Waals surface area contributed by atoms with Crippen LogP contribution in [0.1, 0.15) is 30.5 Å². The van der Waals surface area contributed by atoms with Gasteiger partial charge in [0.25, 0.3) is 0 Å². The molecule has 1 aromatic rings. The molecule has 5 heteroatoms. The van der Waals surface area contributed by atoms with Crippen LogP contribution in [-0.2, 0) is 12.8 Å². The summed E-state index contributed by atoms with van der Waals surface area (Å²) in [7, 11) is 0. The molecule has 4 rings (SSSR count). The molecular formula is C16H25N5. The Balaban J connectivity index is 1.49. The number of aromatic nitrogens is 2. The predicted octanol–water partition coefficient (Wildman–Crippen LogP) is 0.839. The molecule has 0 spiro atoms. The van der Waals surface area contributed by atoms with Crippen LogP contribution in [0.5, 0.6) is 0 Å². The molecule has 1 N–H and O–H groups in total. The van der Waals surface area contributed by atoms with Crippen molar-refractivity contribution in [3.05, 3.63) is 17.6 Å². The number of fused-ring (bicyclic) bond motifs is 1. The minimum absolute atomic E-state index is 0.773. The Labute approximate surface area is 126 Å². The first kappa shape index (κ1) is 13.5. The lowest BCUT2D eigenvalue weighted by molar-refractivity contribution is 0.137. The van der Waals surface area contributed by atoms with Crippen molar-refractivity contribution < 1.29 is 0 Å². The van der Waals surface area contributed by atoms with Crippen LogP contribution in [0.2, 0.25) is 0 Å². The second-order valence-electron chi connectivity index (χ2n) is 6.52. The van der Waals surface area contributed by atoms with E-state index >= 15 is 0 Å². The van der Waals surface area contributed by atoms with E-state index in [0.29, 0.717) is 0 Å². The summed E-state index contributed by atoms with van der Waals surface area (Å²) in [6.45, 7) is 6.90. The van der Waals surface area contributed by atoms with Crippen LogP contribution in [0.25, 0.3) is 0 Å². The van der Waals surface area contributed by atoms with Crippen LogP contribution in [0.3, 0.4) is 0 Å². The molecule has 114 valence electrons. The van der Waals surface area contributed by atoms with E-state index in [-0.39, 0.29) is 0 Å². The number of nitrogens with one attached hydrogen (secondary N) is 1. The molecule has 2 saturated heterocycles. The molecule has 0 bridgehead atoms. The largest absolute Gasteiger partial charge is 0.354 e. The summed E-state index contributed by atoms with van der Waals surface area (Å²) in [5.74, 6) is 1.23. The fourth-order valence-corrected chi connectivity index (χ4v) is 3.78. The van der Waals surface area contributed by atoms with Crippen molar-refractivity contribution in [2.75, 3.05) is 44.2 Å². The maximum absolute atomic E-state index is 4.65. The molecule has 1 aromatic heterocycles. The zero-order chi connectivity index (χ0) is 14.1. The molecule has 3 heterocycles. The zero-order valence-electron chi connectivity index (χ0n) is 12.7. The Bertz CT molecular complexity index is 491. The molecular weight excluding hydrogens is 262 g/mol. The van der Waals surface area contributed by atoms with Gasteiger partial charge in [0.05, 0.1) is 0 Å². The molecule has 0 aromatic carbocycles. The first-order chi connectivity index (χ1) is 10.4. The third kappa shape index (κ3) is 2.64. The molecule has 2 aliphatic heterocycles.